The molecule has 0 N–H and O–H groups in total. The Morgan fingerprint density at radius 3 is 3.18 bits per heavy atom. The molecule has 1 aliphatic rings. The van der Waals surface area contributed by atoms with Crippen molar-refractivity contribution in [1.82, 2.24) is 9.78 Å². The molecule has 11 heavy (non-hydrogen) atoms. The van der Waals surface area contributed by atoms with Gasteiger partial charge in [-0.1, -0.05) is 0 Å². The van der Waals surface area contributed by atoms with E-state index in [9.17, 15) is 0 Å². The van der Waals surface area contributed by atoms with E-state index >= 15 is 0 Å². The molecule has 0 aliphatic carbocycles. The van der Waals surface area contributed by atoms with E-state index in [1.165, 1.54) is 12.8 Å². The third-order valence-corrected chi connectivity index (χ3v) is 1.90. The lowest BCUT2D eigenvalue weighted by Crippen LogP contribution is -2.18. The van der Waals surface area contributed by atoms with Crippen molar-refractivity contribution in [1.29, 1.82) is 0 Å². The molecule has 1 unspecified atom stereocenters. The van der Waals surface area contributed by atoms with Crippen LogP contribution in [0.15, 0.2) is 12.3 Å². The first kappa shape index (κ1) is 6.85. The first-order valence-electron chi connectivity index (χ1n) is 3.99. The lowest BCUT2D eigenvalue weighted by atomic mass is 10.2. The van der Waals surface area contributed by atoms with Gasteiger partial charge in [-0.2, -0.15) is 5.10 Å². The molecule has 3 heteroatoms. The highest BCUT2D eigenvalue weighted by Crippen LogP contribution is 2.20. The number of hydrogen-bond donors (Lipinski definition) is 0. The maximum atomic E-state index is 5.49. The molecule has 1 aromatic heterocycles. The van der Waals surface area contributed by atoms with E-state index in [4.69, 9.17) is 4.74 Å². The molecule has 1 saturated heterocycles. The Morgan fingerprint density at radius 2 is 2.55 bits per heavy atom. The van der Waals surface area contributed by atoms with Gasteiger partial charge in [-0.05, 0) is 25.3 Å². The molecule has 0 saturated carbocycles. The van der Waals surface area contributed by atoms with Crippen LogP contribution in [0.2, 0.25) is 0 Å². The van der Waals surface area contributed by atoms with Crippen LogP contribution in [0.25, 0.3) is 0 Å². The van der Waals surface area contributed by atoms with Gasteiger partial charge in [0.25, 0.3) is 0 Å². The van der Waals surface area contributed by atoms with Gasteiger partial charge in [0.05, 0.1) is 6.20 Å². The topological polar surface area (TPSA) is 27.1 Å². The minimum absolute atomic E-state index is 0.138. The van der Waals surface area contributed by atoms with Crippen molar-refractivity contribution in [3.8, 4) is 0 Å². The molecule has 0 amide bonds. The standard InChI is InChI=1S/C8H11N2O/c1-2-7-11-8(4-1)10-6-3-5-9-10/h3,5,8H,1-2,4,7H2. The number of rotatable bonds is 1. The lowest BCUT2D eigenvalue weighted by molar-refractivity contribution is -0.0399. The summed E-state index contributed by atoms with van der Waals surface area (Å²) in [5.41, 5.74) is 0. The summed E-state index contributed by atoms with van der Waals surface area (Å²) in [7, 11) is 0. The van der Waals surface area contributed by atoms with E-state index < -0.39 is 0 Å². The van der Waals surface area contributed by atoms with Gasteiger partial charge in [-0.25, -0.2) is 4.68 Å². The fourth-order valence-corrected chi connectivity index (χ4v) is 1.32. The van der Waals surface area contributed by atoms with Crippen molar-refractivity contribution >= 4 is 0 Å². The van der Waals surface area contributed by atoms with Crippen molar-refractivity contribution in [2.24, 2.45) is 0 Å². The van der Waals surface area contributed by atoms with Crippen molar-refractivity contribution in [2.75, 3.05) is 6.61 Å². The molecule has 1 aliphatic heterocycles. The van der Waals surface area contributed by atoms with E-state index in [0.29, 0.717) is 0 Å². The quantitative estimate of drug-likeness (QED) is 0.606. The van der Waals surface area contributed by atoms with Crippen molar-refractivity contribution in [3.63, 3.8) is 0 Å². The van der Waals surface area contributed by atoms with Gasteiger partial charge in [-0.3, -0.25) is 0 Å². The summed E-state index contributed by atoms with van der Waals surface area (Å²) in [6.45, 7) is 0.859. The normalized spacial score (nSPS) is 25.3. The summed E-state index contributed by atoms with van der Waals surface area (Å²) in [6, 6.07) is 1.80. The average Bonchev–Trinajstić information content (AvgIpc) is 2.58. The van der Waals surface area contributed by atoms with Gasteiger partial charge in [0.1, 0.15) is 0 Å². The van der Waals surface area contributed by atoms with Gasteiger partial charge in [0.15, 0.2) is 6.23 Å². The van der Waals surface area contributed by atoms with E-state index in [2.05, 4.69) is 11.3 Å². The SMILES string of the molecule is [c]1ccnn1C1CCCCO1. The zero-order valence-corrected chi connectivity index (χ0v) is 6.36. The first-order chi connectivity index (χ1) is 5.47. The smallest absolute Gasteiger partial charge is 0.150 e. The lowest BCUT2D eigenvalue weighted by Gasteiger charge is -2.22. The second-order valence-electron chi connectivity index (χ2n) is 2.73. The second kappa shape index (κ2) is 3.05. The summed E-state index contributed by atoms with van der Waals surface area (Å²) in [4.78, 5) is 0. The largest absolute Gasteiger partial charge is 0.356 e. The minimum Gasteiger partial charge on any atom is -0.356 e. The van der Waals surface area contributed by atoms with E-state index in [-0.39, 0.29) is 6.23 Å². The summed E-state index contributed by atoms with van der Waals surface area (Å²) in [5, 5.41) is 4.08. The van der Waals surface area contributed by atoms with Crippen LogP contribution < -0.4 is 0 Å². The predicted molar refractivity (Wildman–Crippen MR) is 39.9 cm³/mol. The molecule has 1 radical (unpaired) electrons. The number of aromatic nitrogens is 2. The molecular weight excluding hydrogens is 140 g/mol. The zero-order valence-electron chi connectivity index (χ0n) is 6.36. The first-order valence-corrected chi connectivity index (χ1v) is 3.99. The molecule has 0 aromatic carbocycles. The zero-order chi connectivity index (χ0) is 7.52. The van der Waals surface area contributed by atoms with Crippen LogP contribution in [0.5, 0.6) is 0 Å². The molecule has 2 heterocycles. The molecule has 59 valence electrons. The fourth-order valence-electron chi connectivity index (χ4n) is 1.32. The van der Waals surface area contributed by atoms with Crippen molar-refractivity contribution < 1.29 is 4.74 Å². The van der Waals surface area contributed by atoms with Gasteiger partial charge in [0, 0.05) is 12.8 Å². The highest BCUT2D eigenvalue weighted by Gasteiger charge is 2.14. The molecule has 0 bridgehead atoms. The molecule has 1 aromatic rings. The molecular formula is C8H11N2O. The Kier molecular flexibility index (Phi) is 1.90. The number of hydrogen-bond acceptors (Lipinski definition) is 2. The summed E-state index contributed by atoms with van der Waals surface area (Å²) in [6.07, 6.45) is 8.34. The molecule has 0 spiro atoms. The molecule has 1 fully saturated rings. The van der Waals surface area contributed by atoms with Gasteiger partial charge in [-0.15, -0.1) is 0 Å². The van der Waals surface area contributed by atoms with Gasteiger partial charge >= 0.3 is 0 Å². The van der Waals surface area contributed by atoms with Crippen molar-refractivity contribution in [2.45, 2.75) is 25.5 Å². The van der Waals surface area contributed by atoms with E-state index in [1.54, 1.807) is 16.9 Å². The Hall–Kier alpha value is -0.830. The van der Waals surface area contributed by atoms with Crippen LogP contribution in [0.4, 0.5) is 0 Å². The van der Waals surface area contributed by atoms with Crippen LogP contribution in [-0.4, -0.2) is 16.4 Å². The summed E-state index contributed by atoms with van der Waals surface area (Å²) in [5.74, 6) is 0. The summed E-state index contributed by atoms with van der Waals surface area (Å²) < 4.78 is 7.25. The van der Waals surface area contributed by atoms with Crippen LogP contribution in [0, 0.1) is 6.20 Å². The highest BCUT2D eigenvalue weighted by atomic mass is 16.5. The number of nitrogens with zero attached hydrogens (tertiary/aromatic N) is 2. The third-order valence-electron chi connectivity index (χ3n) is 1.90. The van der Waals surface area contributed by atoms with Crippen LogP contribution in [-0.2, 0) is 4.74 Å². The van der Waals surface area contributed by atoms with Gasteiger partial charge < -0.3 is 4.74 Å². The molecule has 3 nitrogen and oxygen atoms in total. The Bertz CT molecular complexity index is 202. The van der Waals surface area contributed by atoms with Crippen LogP contribution in [0.1, 0.15) is 25.5 Å². The fraction of sp³-hybridized carbons (Fsp3) is 0.625. The highest BCUT2D eigenvalue weighted by molar-refractivity contribution is 4.77. The summed E-state index contributed by atoms with van der Waals surface area (Å²) >= 11 is 0. The maximum absolute atomic E-state index is 5.49. The average molecular weight is 151 g/mol. The maximum Gasteiger partial charge on any atom is 0.150 e. The Labute approximate surface area is 66.0 Å². The van der Waals surface area contributed by atoms with Gasteiger partial charge in [0.2, 0.25) is 0 Å². The Morgan fingerprint density at radius 1 is 1.55 bits per heavy atom. The molecule has 2 rings (SSSR count). The molecule has 1 atom stereocenters. The van der Waals surface area contributed by atoms with Crippen LogP contribution in [0.3, 0.4) is 0 Å². The van der Waals surface area contributed by atoms with Crippen molar-refractivity contribution in [3.05, 3.63) is 18.5 Å². The van der Waals surface area contributed by atoms with E-state index in [0.717, 1.165) is 13.0 Å². The second-order valence-corrected chi connectivity index (χ2v) is 2.73. The Balaban J connectivity index is 2.04. The minimum atomic E-state index is 0.138. The predicted octanol–water partition coefficient (Wildman–Crippen LogP) is 1.38. The third kappa shape index (κ3) is 1.43. The van der Waals surface area contributed by atoms with Crippen LogP contribution >= 0.6 is 0 Å². The van der Waals surface area contributed by atoms with E-state index in [1.807, 2.05) is 0 Å². The monoisotopic (exact) mass is 151 g/mol. The number of ether oxygens (including phenoxy) is 1.